The van der Waals surface area contributed by atoms with Crippen molar-refractivity contribution in [1.82, 2.24) is 30.4 Å². The van der Waals surface area contributed by atoms with Gasteiger partial charge < -0.3 is 20.4 Å². The van der Waals surface area contributed by atoms with Crippen LogP contribution in [0.2, 0.25) is 0 Å². The molecule has 1 unspecified atom stereocenters. The van der Waals surface area contributed by atoms with E-state index in [9.17, 15) is 0 Å². The van der Waals surface area contributed by atoms with Gasteiger partial charge in [0, 0.05) is 50.3 Å². The predicted molar refractivity (Wildman–Crippen MR) is 114 cm³/mol. The molecule has 0 spiro atoms. The Morgan fingerprint density at radius 1 is 1.38 bits per heavy atom. The quantitative estimate of drug-likeness (QED) is 0.323. The van der Waals surface area contributed by atoms with E-state index < -0.39 is 0 Å². The number of nitrogens with one attached hydrogen (secondary N) is 3. The maximum atomic E-state index is 5.13. The summed E-state index contributed by atoms with van der Waals surface area (Å²) >= 11 is 0. The van der Waals surface area contributed by atoms with Crippen LogP contribution in [0.5, 0.6) is 0 Å². The van der Waals surface area contributed by atoms with Gasteiger partial charge >= 0.3 is 0 Å². The zero-order valence-corrected chi connectivity index (χ0v) is 17.1. The van der Waals surface area contributed by atoms with Gasteiger partial charge in [-0.2, -0.15) is 5.10 Å². The molecular formula is C21H29N7O. The molecule has 0 fully saturated rings. The number of rotatable bonds is 7. The van der Waals surface area contributed by atoms with Gasteiger partial charge in [0.05, 0.1) is 6.54 Å². The van der Waals surface area contributed by atoms with Crippen LogP contribution in [0.4, 0.5) is 0 Å². The number of para-hydroxylation sites is 1. The fourth-order valence-corrected chi connectivity index (χ4v) is 3.88. The van der Waals surface area contributed by atoms with Gasteiger partial charge in [-0.1, -0.05) is 18.2 Å². The van der Waals surface area contributed by atoms with Crippen molar-refractivity contribution < 1.29 is 4.74 Å². The van der Waals surface area contributed by atoms with Gasteiger partial charge in [0.1, 0.15) is 12.4 Å². The molecule has 2 aromatic heterocycles. The summed E-state index contributed by atoms with van der Waals surface area (Å²) in [6.07, 6.45) is 6.11. The Labute approximate surface area is 170 Å². The number of aryl methyl sites for hydroxylation is 2. The first-order valence-electron chi connectivity index (χ1n) is 10.2. The average Bonchev–Trinajstić information content (AvgIpc) is 3.33. The summed E-state index contributed by atoms with van der Waals surface area (Å²) < 4.78 is 7.12. The van der Waals surface area contributed by atoms with Gasteiger partial charge in [-0.3, -0.25) is 4.99 Å². The Balaban J connectivity index is 1.24. The topological polar surface area (TPSA) is 92.2 Å². The smallest absolute Gasteiger partial charge is 0.191 e. The molecule has 0 amide bonds. The van der Waals surface area contributed by atoms with Crippen LogP contribution in [0.3, 0.4) is 0 Å². The Hall–Kier alpha value is -2.87. The lowest BCUT2D eigenvalue weighted by atomic mass is 10.1. The van der Waals surface area contributed by atoms with Crippen molar-refractivity contribution >= 4 is 16.9 Å². The summed E-state index contributed by atoms with van der Waals surface area (Å²) in [7, 11) is 3.48. The highest BCUT2D eigenvalue weighted by Crippen LogP contribution is 2.18. The number of H-pyrrole nitrogens is 1. The Bertz CT molecular complexity index is 974. The molecule has 0 aliphatic carbocycles. The van der Waals surface area contributed by atoms with E-state index in [0.29, 0.717) is 12.6 Å². The number of benzene rings is 1. The van der Waals surface area contributed by atoms with Gasteiger partial charge in [0.15, 0.2) is 11.8 Å². The molecule has 0 saturated carbocycles. The number of hydrogen-bond acceptors (Lipinski definition) is 4. The second-order valence-corrected chi connectivity index (χ2v) is 7.40. The van der Waals surface area contributed by atoms with E-state index in [1.54, 1.807) is 7.11 Å². The van der Waals surface area contributed by atoms with Gasteiger partial charge in [0.25, 0.3) is 0 Å². The fraction of sp³-hybridized carbons (Fsp3) is 0.476. The number of aromatic amines is 1. The van der Waals surface area contributed by atoms with Crippen LogP contribution in [0.25, 0.3) is 10.9 Å². The number of fused-ring (bicyclic) bond motifs is 2. The summed E-state index contributed by atoms with van der Waals surface area (Å²) in [5.74, 6) is 2.63. The van der Waals surface area contributed by atoms with Gasteiger partial charge in [0.2, 0.25) is 0 Å². The fourth-order valence-electron chi connectivity index (χ4n) is 3.88. The zero-order chi connectivity index (χ0) is 20.1. The third-order valence-corrected chi connectivity index (χ3v) is 5.33. The van der Waals surface area contributed by atoms with E-state index in [1.165, 1.54) is 16.5 Å². The maximum absolute atomic E-state index is 5.13. The molecule has 3 heterocycles. The molecule has 8 nitrogen and oxygen atoms in total. The highest BCUT2D eigenvalue weighted by molar-refractivity contribution is 5.83. The Morgan fingerprint density at radius 3 is 3.14 bits per heavy atom. The first kappa shape index (κ1) is 19.4. The lowest BCUT2D eigenvalue weighted by molar-refractivity contribution is 0.177. The third-order valence-electron chi connectivity index (χ3n) is 5.33. The minimum absolute atomic E-state index is 0.291. The number of hydrogen-bond donors (Lipinski definition) is 3. The van der Waals surface area contributed by atoms with Crippen LogP contribution >= 0.6 is 0 Å². The lowest BCUT2D eigenvalue weighted by Crippen LogP contribution is -2.47. The molecule has 0 radical (unpaired) electrons. The third kappa shape index (κ3) is 4.59. The van der Waals surface area contributed by atoms with E-state index in [-0.39, 0.29) is 0 Å². The van der Waals surface area contributed by atoms with Gasteiger partial charge in [-0.15, -0.1) is 0 Å². The van der Waals surface area contributed by atoms with E-state index in [1.807, 2.05) is 11.7 Å². The molecule has 29 heavy (non-hydrogen) atoms. The van der Waals surface area contributed by atoms with Crippen LogP contribution in [0.15, 0.2) is 35.5 Å². The number of guanidine groups is 1. The van der Waals surface area contributed by atoms with Crippen molar-refractivity contribution in [3.05, 3.63) is 47.7 Å². The number of aliphatic imine (C=N–C) groups is 1. The molecular weight excluding hydrogens is 366 g/mol. The van der Waals surface area contributed by atoms with Crippen LogP contribution in [0.1, 0.15) is 30.1 Å². The van der Waals surface area contributed by atoms with E-state index >= 15 is 0 Å². The van der Waals surface area contributed by atoms with E-state index in [2.05, 4.69) is 61.2 Å². The van der Waals surface area contributed by atoms with Crippen molar-refractivity contribution in [2.24, 2.45) is 4.99 Å². The van der Waals surface area contributed by atoms with Crippen LogP contribution in [-0.2, 0) is 30.7 Å². The zero-order valence-electron chi connectivity index (χ0n) is 17.1. The largest absolute Gasteiger partial charge is 0.377 e. The minimum Gasteiger partial charge on any atom is -0.377 e. The van der Waals surface area contributed by atoms with Gasteiger partial charge in [-0.25, -0.2) is 9.67 Å². The summed E-state index contributed by atoms with van der Waals surface area (Å²) in [4.78, 5) is 12.3. The Morgan fingerprint density at radius 2 is 2.28 bits per heavy atom. The van der Waals surface area contributed by atoms with Crippen LogP contribution in [-0.4, -0.2) is 52.5 Å². The van der Waals surface area contributed by atoms with Crippen LogP contribution < -0.4 is 10.6 Å². The predicted octanol–water partition coefficient (Wildman–Crippen LogP) is 2.02. The lowest BCUT2D eigenvalue weighted by Gasteiger charge is -2.25. The molecule has 1 atom stereocenters. The summed E-state index contributed by atoms with van der Waals surface area (Å²) in [6, 6.07) is 8.73. The van der Waals surface area contributed by atoms with E-state index in [4.69, 9.17) is 4.74 Å². The Kier molecular flexibility index (Phi) is 6.09. The van der Waals surface area contributed by atoms with Crippen molar-refractivity contribution in [1.29, 1.82) is 0 Å². The van der Waals surface area contributed by atoms with Gasteiger partial charge in [-0.05, 0) is 30.9 Å². The molecule has 3 N–H and O–H groups in total. The summed E-state index contributed by atoms with van der Waals surface area (Å²) in [5, 5.41) is 12.8. The summed E-state index contributed by atoms with van der Waals surface area (Å²) in [5.41, 5.74) is 2.56. The molecule has 8 heteroatoms. The number of methoxy groups -OCH3 is 1. The maximum Gasteiger partial charge on any atom is 0.191 e. The molecule has 1 aliphatic heterocycles. The highest BCUT2D eigenvalue weighted by atomic mass is 16.5. The first-order valence-corrected chi connectivity index (χ1v) is 10.2. The van der Waals surface area contributed by atoms with E-state index in [0.717, 1.165) is 56.4 Å². The number of nitrogens with zero attached hydrogens (tertiary/aromatic N) is 4. The first-order chi connectivity index (χ1) is 14.3. The van der Waals surface area contributed by atoms with Crippen LogP contribution in [0, 0.1) is 0 Å². The van der Waals surface area contributed by atoms with Crippen molar-refractivity contribution in [3.63, 3.8) is 0 Å². The molecule has 1 aliphatic rings. The molecule has 4 rings (SSSR count). The monoisotopic (exact) mass is 395 g/mol. The molecule has 3 aromatic rings. The SMILES string of the molecule is CN=C(NCCCc1c[nH]c2ccccc12)NC1CCc2nc(COC)nn2C1. The molecule has 0 bridgehead atoms. The average molecular weight is 396 g/mol. The molecule has 0 saturated heterocycles. The summed E-state index contributed by atoms with van der Waals surface area (Å²) in [6.45, 7) is 2.12. The van der Waals surface area contributed by atoms with Crippen molar-refractivity contribution in [2.75, 3.05) is 20.7 Å². The van der Waals surface area contributed by atoms with Crippen molar-refractivity contribution in [3.8, 4) is 0 Å². The second kappa shape index (κ2) is 9.09. The number of ether oxygens (including phenoxy) is 1. The highest BCUT2D eigenvalue weighted by Gasteiger charge is 2.22. The normalized spacial score (nSPS) is 16.8. The minimum atomic E-state index is 0.291. The number of aromatic nitrogens is 4. The standard InChI is InChI=1S/C21H29N7O/c1-22-21(23-11-5-6-15-12-24-18-8-4-3-7-17(15)18)25-16-9-10-20-26-19(14-29-2)27-28(20)13-16/h3-4,7-8,12,16,24H,5-6,9-11,13-14H2,1-2H3,(H2,22,23,25). The van der Waals surface area contributed by atoms with Crippen molar-refractivity contribution in [2.45, 2.75) is 44.9 Å². The second-order valence-electron chi connectivity index (χ2n) is 7.40. The molecule has 154 valence electrons. The molecule has 1 aromatic carbocycles.